The van der Waals surface area contributed by atoms with Gasteiger partial charge in [-0.1, -0.05) is 41.6 Å². The van der Waals surface area contributed by atoms with Crippen molar-refractivity contribution in [3.8, 4) is 22.8 Å². The van der Waals surface area contributed by atoms with Gasteiger partial charge in [0.2, 0.25) is 5.16 Å². The summed E-state index contributed by atoms with van der Waals surface area (Å²) < 4.78 is 12.5. The van der Waals surface area contributed by atoms with E-state index >= 15 is 0 Å². The van der Waals surface area contributed by atoms with Crippen LogP contribution in [-0.4, -0.2) is 34.0 Å². The molecule has 2 heterocycles. The minimum atomic E-state index is 0.666. The number of benzene rings is 2. The van der Waals surface area contributed by atoms with E-state index in [0.717, 1.165) is 27.8 Å². The summed E-state index contributed by atoms with van der Waals surface area (Å²) in [6, 6.07) is 18.1. The molecule has 0 radical (unpaired) electrons. The molecule has 0 bridgehead atoms. The fourth-order valence-electron chi connectivity index (χ4n) is 2.96. The van der Waals surface area contributed by atoms with Gasteiger partial charge in [-0.3, -0.25) is 0 Å². The molecule has 0 amide bonds. The van der Waals surface area contributed by atoms with Crippen molar-refractivity contribution >= 4 is 17.4 Å². The molecular weight excluding hydrogens is 372 g/mol. The van der Waals surface area contributed by atoms with Crippen LogP contribution in [0.5, 0.6) is 11.5 Å². The number of ether oxygens (including phenoxy) is 2. The summed E-state index contributed by atoms with van der Waals surface area (Å²) >= 11 is 1.62. The molecule has 0 fully saturated rings. The summed E-state index contributed by atoms with van der Waals surface area (Å²) in [6.07, 6.45) is 0. The Morgan fingerprint density at radius 1 is 0.929 bits per heavy atom. The SMILES string of the molecule is COc1ccc(-c2ccc3nnc(SCc4cccc(C)c4)n3n2)cc1OC. The zero-order valence-electron chi connectivity index (χ0n) is 15.9. The smallest absolute Gasteiger partial charge is 0.212 e. The van der Waals surface area contributed by atoms with E-state index in [1.807, 2.05) is 30.3 Å². The van der Waals surface area contributed by atoms with E-state index in [1.54, 1.807) is 30.5 Å². The van der Waals surface area contributed by atoms with Gasteiger partial charge >= 0.3 is 0 Å². The standard InChI is InChI=1S/C21H20N4O2S/c1-14-5-4-6-15(11-14)13-28-21-23-22-20-10-8-17(24-25(20)21)16-7-9-18(26-2)19(12-16)27-3/h4-12H,13H2,1-3H3. The second-order valence-corrected chi connectivity index (χ2v) is 7.26. The van der Waals surface area contributed by atoms with Gasteiger partial charge in [-0.2, -0.15) is 9.61 Å². The molecular formula is C21H20N4O2S. The van der Waals surface area contributed by atoms with Crippen molar-refractivity contribution in [3.63, 3.8) is 0 Å². The van der Waals surface area contributed by atoms with E-state index in [4.69, 9.17) is 14.6 Å². The summed E-state index contributed by atoms with van der Waals surface area (Å²) in [4.78, 5) is 0. The van der Waals surface area contributed by atoms with E-state index in [0.29, 0.717) is 11.5 Å². The van der Waals surface area contributed by atoms with Crippen LogP contribution in [0, 0.1) is 6.92 Å². The topological polar surface area (TPSA) is 61.5 Å². The number of thioether (sulfide) groups is 1. The lowest BCUT2D eigenvalue weighted by Gasteiger charge is -2.09. The van der Waals surface area contributed by atoms with Gasteiger partial charge in [0, 0.05) is 11.3 Å². The number of aryl methyl sites for hydroxylation is 1. The van der Waals surface area contributed by atoms with Crippen molar-refractivity contribution in [2.24, 2.45) is 0 Å². The molecule has 7 heteroatoms. The third-order valence-electron chi connectivity index (χ3n) is 4.36. The molecule has 142 valence electrons. The Morgan fingerprint density at radius 3 is 2.57 bits per heavy atom. The van der Waals surface area contributed by atoms with Crippen molar-refractivity contribution in [3.05, 3.63) is 65.7 Å². The summed E-state index contributed by atoms with van der Waals surface area (Å²) in [6.45, 7) is 2.09. The molecule has 0 aliphatic carbocycles. The Morgan fingerprint density at radius 2 is 1.79 bits per heavy atom. The molecule has 0 unspecified atom stereocenters. The first kappa shape index (κ1) is 18.3. The quantitative estimate of drug-likeness (QED) is 0.453. The summed E-state index contributed by atoms with van der Waals surface area (Å²) in [5.74, 6) is 2.16. The maximum atomic E-state index is 5.40. The zero-order valence-corrected chi connectivity index (χ0v) is 16.7. The number of hydrogen-bond donors (Lipinski definition) is 0. The van der Waals surface area contributed by atoms with E-state index in [1.165, 1.54) is 11.1 Å². The largest absolute Gasteiger partial charge is 0.493 e. The Bertz CT molecular complexity index is 1130. The molecule has 0 saturated carbocycles. The molecule has 0 spiro atoms. The first-order valence-electron chi connectivity index (χ1n) is 8.81. The third kappa shape index (κ3) is 3.66. The summed E-state index contributed by atoms with van der Waals surface area (Å²) in [7, 11) is 3.24. The van der Waals surface area contributed by atoms with Gasteiger partial charge in [0.25, 0.3) is 0 Å². The number of rotatable bonds is 6. The van der Waals surface area contributed by atoms with E-state index in [9.17, 15) is 0 Å². The molecule has 0 aliphatic rings. The van der Waals surface area contributed by atoms with E-state index in [2.05, 4.69) is 41.4 Å². The minimum Gasteiger partial charge on any atom is -0.493 e. The molecule has 28 heavy (non-hydrogen) atoms. The second-order valence-electron chi connectivity index (χ2n) is 6.32. The maximum Gasteiger partial charge on any atom is 0.212 e. The van der Waals surface area contributed by atoms with E-state index in [-0.39, 0.29) is 0 Å². The van der Waals surface area contributed by atoms with Gasteiger partial charge in [0.15, 0.2) is 17.1 Å². The predicted molar refractivity (Wildman–Crippen MR) is 110 cm³/mol. The van der Waals surface area contributed by atoms with Crippen LogP contribution >= 0.6 is 11.8 Å². The molecule has 4 aromatic rings. The summed E-state index contributed by atoms with van der Waals surface area (Å²) in [5.41, 5.74) is 4.96. The lowest BCUT2D eigenvalue weighted by atomic mass is 10.1. The molecule has 0 saturated heterocycles. The van der Waals surface area contributed by atoms with Crippen LogP contribution in [0.2, 0.25) is 0 Å². The van der Waals surface area contributed by atoms with Crippen LogP contribution in [-0.2, 0) is 5.75 Å². The Hall–Kier alpha value is -3.06. The average Bonchev–Trinajstić information content (AvgIpc) is 3.14. The molecule has 2 aromatic heterocycles. The Kier molecular flexibility index (Phi) is 5.16. The van der Waals surface area contributed by atoms with Crippen molar-refractivity contribution < 1.29 is 9.47 Å². The first-order valence-corrected chi connectivity index (χ1v) is 9.79. The molecule has 0 N–H and O–H groups in total. The Balaban J connectivity index is 1.64. The number of fused-ring (bicyclic) bond motifs is 1. The highest BCUT2D eigenvalue weighted by molar-refractivity contribution is 7.98. The van der Waals surface area contributed by atoms with Crippen LogP contribution in [0.15, 0.2) is 59.8 Å². The first-order chi connectivity index (χ1) is 13.7. The summed E-state index contributed by atoms with van der Waals surface area (Å²) in [5, 5.41) is 14.0. The lowest BCUT2D eigenvalue weighted by molar-refractivity contribution is 0.355. The van der Waals surface area contributed by atoms with Crippen molar-refractivity contribution in [2.45, 2.75) is 17.8 Å². The average molecular weight is 392 g/mol. The lowest BCUT2D eigenvalue weighted by Crippen LogP contribution is -1.97. The molecule has 4 rings (SSSR count). The van der Waals surface area contributed by atoms with Crippen molar-refractivity contribution in [1.82, 2.24) is 19.8 Å². The molecule has 0 aliphatic heterocycles. The molecule has 0 atom stereocenters. The van der Waals surface area contributed by atoms with Gasteiger partial charge in [-0.05, 0) is 42.8 Å². The van der Waals surface area contributed by atoms with Crippen LogP contribution in [0.3, 0.4) is 0 Å². The van der Waals surface area contributed by atoms with Gasteiger partial charge in [-0.25, -0.2) is 0 Å². The van der Waals surface area contributed by atoms with Crippen LogP contribution in [0.25, 0.3) is 16.9 Å². The zero-order chi connectivity index (χ0) is 19.5. The maximum absolute atomic E-state index is 5.40. The molecule has 2 aromatic carbocycles. The monoisotopic (exact) mass is 392 g/mol. The fourth-order valence-corrected chi connectivity index (χ4v) is 3.79. The fraction of sp³-hybridized carbons (Fsp3) is 0.190. The normalized spacial score (nSPS) is 11.0. The third-order valence-corrected chi connectivity index (χ3v) is 5.35. The van der Waals surface area contributed by atoms with Crippen molar-refractivity contribution in [2.75, 3.05) is 14.2 Å². The number of methoxy groups -OCH3 is 2. The van der Waals surface area contributed by atoms with E-state index < -0.39 is 0 Å². The number of aromatic nitrogens is 4. The van der Waals surface area contributed by atoms with Crippen LogP contribution in [0.4, 0.5) is 0 Å². The highest BCUT2D eigenvalue weighted by Gasteiger charge is 2.12. The number of hydrogen-bond acceptors (Lipinski definition) is 6. The number of nitrogens with zero attached hydrogens (tertiary/aromatic N) is 4. The predicted octanol–water partition coefficient (Wildman–Crippen LogP) is 4.41. The minimum absolute atomic E-state index is 0.666. The van der Waals surface area contributed by atoms with Gasteiger partial charge in [0.1, 0.15) is 0 Å². The molecule has 6 nitrogen and oxygen atoms in total. The van der Waals surface area contributed by atoms with Gasteiger partial charge in [-0.15, -0.1) is 10.2 Å². The van der Waals surface area contributed by atoms with Gasteiger partial charge < -0.3 is 9.47 Å². The highest BCUT2D eigenvalue weighted by Crippen LogP contribution is 2.32. The van der Waals surface area contributed by atoms with Crippen LogP contribution in [0.1, 0.15) is 11.1 Å². The van der Waals surface area contributed by atoms with Crippen molar-refractivity contribution in [1.29, 1.82) is 0 Å². The van der Waals surface area contributed by atoms with Crippen LogP contribution < -0.4 is 9.47 Å². The van der Waals surface area contributed by atoms with Gasteiger partial charge in [0.05, 0.1) is 19.9 Å². The Labute approximate surface area is 167 Å². The second kappa shape index (κ2) is 7.90. The highest BCUT2D eigenvalue weighted by atomic mass is 32.2.